The van der Waals surface area contributed by atoms with Crippen molar-refractivity contribution in [1.29, 1.82) is 0 Å². The maximum absolute atomic E-state index is 4.84. The molecule has 0 fully saturated rings. The molecule has 0 saturated carbocycles. The molecular weight excluding hydrogens is 1320 g/mol. The number of hydrogen-bond donors (Lipinski definition) is 0. The van der Waals surface area contributed by atoms with Crippen molar-refractivity contribution < 1.29 is 0 Å². The number of anilines is 6. The first-order chi connectivity index (χ1) is 52.3. The van der Waals surface area contributed by atoms with Crippen molar-refractivity contribution in [1.82, 2.24) is 15.0 Å². The Hall–Kier alpha value is -9.19. The Morgan fingerprint density at radius 1 is 0.284 bits per heavy atom. The molecule has 0 bridgehead atoms. The van der Waals surface area contributed by atoms with E-state index in [1.807, 2.05) is 0 Å². The molecule has 0 aliphatic heterocycles. The molecule has 0 N–H and O–H groups in total. The van der Waals surface area contributed by atoms with Gasteiger partial charge in [0, 0.05) is 44.9 Å². The van der Waals surface area contributed by atoms with Crippen LogP contribution in [0.1, 0.15) is 261 Å². The van der Waals surface area contributed by atoms with Gasteiger partial charge in [0.2, 0.25) is 0 Å². The molecular formula is C104H129N5. The lowest BCUT2D eigenvalue weighted by molar-refractivity contribution is 0.397. The molecule has 12 rings (SSSR count). The van der Waals surface area contributed by atoms with E-state index >= 15 is 0 Å². The summed E-state index contributed by atoms with van der Waals surface area (Å²) in [4.78, 5) is 19.3. The van der Waals surface area contributed by atoms with E-state index in [2.05, 4.69) is 348 Å². The molecule has 570 valence electrons. The Bertz CT molecular complexity index is 4400. The van der Waals surface area contributed by atoms with Gasteiger partial charge >= 0.3 is 0 Å². The zero-order valence-electron chi connectivity index (χ0n) is 70.3. The SMILES string of the molecule is CCCCCCCCC1(CCCCCCCC)c2cc(C)ccc2-c2ccc(C)cc21.CCCCCCc1ccc(-c2nc(-c3ccc(C)cc3)nc(-c3ccc(C)cc3)n2)cc1.Cc1ccc(N(c2ccc(N(c3ccc(C)cc3)c3c(C)cc(C(C)(C)C)cc3C)cc2)c2c(C)cc(C(C)(C)C)cc2C)cc1. The van der Waals surface area contributed by atoms with E-state index in [0.29, 0.717) is 17.5 Å². The van der Waals surface area contributed by atoms with E-state index in [1.54, 1.807) is 11.1 Å². The summed E-state index contributed by atoms with van der Waals surface area (Å²) in [7, 11) is 0. The van der Waals surface area contributed by atoms with E-state index < -0.39 is 0 Å². The second-order valence-corrected chi connectivity index (χ2v) is 34.0. The molecule has 5 heteroatoms. The summed E-state index contributed by atoms with van der Waals surface area (Å²) in [5.41, 5.74) is 33.8. The fraction of sp³-hybridized carbons (Fsp3) is 0.394. The van der Waals surface area contributed by atoms with E-state index in [1.165, 1.54) is 210 Å². The Labute approximate surface area is 659 Å². The van der Waals surface area contributed by atoms with Crippen LogP contribution >= 0.6 is 0 Å². The normalized spacial score (nSPS) is 12.2. The van der Waals surface area contributed by atoms with Crippen LogP contribution in [0.5, 0.6) is 0 Å². The summed E-state index contributed by atoms with van der Waals surface area (Å²) >= 11 is 0. The molecule has 0 atom stereocenters. The van der Waals surface area contributed by atoms with Crippen LogP contribution in [0.15, 0.2) is 206 Å². The average Bonchev–Trinajstić information content (AvgIpc) is 1.64. The van der Waals surface area contributed by atoms with E-state index in [9.17, 15) is 0 Å². The molecule has 1 aromatic heterocycles. The lowest BCUT2D eigenvalue weighted by atomic mass is 9.70. The van der Waals surface area contributed by atoms with Crippen LogP contribution in [-0.2, 0) is 22.7 Å². The summed E-state index contributed by atoms with van der Waals surface area (Å²) in [5.74, 6) is 2.12. The quantitative estimate of drug-likeness (QED) is 0.0457. The van der Waals surface area contributed by atoms with Crippen molar-refractivity contribution in [2.75, 3.05) is 9.80 Å². The second kappa shape index (κ2) is 38.0. The van der Waals surface area contributed by atoms with Crippen LogP contribution in [0, 0.1) is 69.2 Å². The second-order valence-electron chi connectivity index (χ2n) is 34.0. The van der Waals surface area contributed by atoms with Crippen molar-refractivity contribution in [2.45, 2.75) is 270 Å². The third-order valence-corrected chi connectivity index (χ3v) is 22.5. The third-order valence-electron chi connectivity index (χ3n) is 22.5. The molecule has 0 radical (unpaired) electrons. The molecule has 11 aromatic rings. The molecule has 109 heavy (non-hydrogen) atoms. The highest BCUT2D eigenvalue weighted by atomic mass is 15.2. The molecule has 5 nitrogen and oxygen atoms in total. The van der Waals surface area contributed by atoms with Gasteiger partial charge < -0.3 is 9.80 Å². The number of hydrogen-bond acceptors (Lipinski definition) is 5. The van der Waals surface area contributed by atoms with Gasteiger partial charge in [-0.1, -0.05) is 350 Å². The Kier molecular flexibility index (Phi) is 28.7. The van der Waals surface area contributed by atoms with Crippen molar-refractivity contribution >= 4 is 34.1 Å². The molecule has 1 aliphatic rings. The Balaban J connectivity index is 0.000000179. The number of fused-ring (bicyclic) bond motifs is 3. The van der Waals surface area contributed by atoms with Crippen molar-refractivity contribution in [2.24, 2.45) is 0 Å². The van der Waals surface area contributed by atoms with Crippen LogP contribution < -0.4 is 9.80 Å². The molecule has 1 heterocycles. The van der Waals surface area contributed by atoms with Gasteiger partial charge in [-0.3, -0.25) is 0 Å². The zero-order valence-corrected chi connectivity index (χ0v) is 70.3. The van der Waals surface area contributed by atoms with Crippen LogP contribution in [0.2, 0.25) is 0 Å². The lowest BCUT2D eigenvalue weighted by Gasteiger charge is -2.33. The molecule has 1 aliphatic carbocycles. The molecule has 0 amide bonds. The highest BCUT2D eigenvalue weighted by molar-refractivity contribution is 5.86. The number of unbranched alkanes of at least 4 members (excludes halogenated alkanes) is 13. The van der Waals surface area contributed by atoms with Gasteiger partial charge in [0.25, 0.3) is 0 Å². The fourth-order valence-corrected chi connectivity index (χ4v) is 16.0. The molecule has 0 unspecified atom stereocenters. The predicted molar refractivity (Wildman–Crippen MR) is 473 cm³/mol. The molecule has 0 saturated heterocycles. The summed E-state index contributed by atoms with van der Waals surface area (Å²) in [6.45, 7) is 42.6. The van der Waals surface area contributed by atoms with Gasteiger partial charge in [-0.05, 0) is 215 Å². The van der Waals surface area contributed by atoms with Crippen LogP contribution in [0.3, 0.4) is 0 Å². The molecule has 0 spiro atoms. The maximum atomic E-state index is 4.84. The monoisotopic (exact) mass is 1450 g/mol. The van der Waals surface area contributed by atoms with E-state index in [0.717, 1.165) is 45.9 Å². The topological polar surface area (TPSA) is 45.2 Å². The summed E-state index contributed by atoms with van der Waals surface area (Å²) in [6, 6.07) is 76.2. The number of nitrogens with zero attached hydrogens (tertiary/aromatic N) is 5. The first-order valence-corrected chi connectivity index (χ1v) is 41.6. The minimum atomic E-state index is 0.0885. The molecule has 10 aromatic carbocycles. The van der Waals surface area contributed by atoms with Gasteiger partial charge in [-0.25, -0.2) is 15.0 Å². The van der Waals surface area contributed by atoms with Gasteiger partial charge in [0.15, 0.2) is 17.5 Å². The standard InChI is InChI=1S/C44H52N2.C31H46.C29H31N3/c1-29-13-17-37(18-14-29)45(41-31(3)25-35(26-32(41)4)43(7,8)9)39-21-23-40(24-22-39)46(38-19-15-30(2)16-20-38)42-33(5)27-36(28-34(42)6)44(10,11)12;1-5-7-9-11-13-15-21-31(22-16-14-12-10-8-6-2)29-23-25(3)17-19-27(29)28-20-18-26(4)24-30(28)31;1-4-5-6-7-8-23-13-19-26(20-14-23)29-31-27(24-15-9-21(2)10-16-24)30-28(32-29)25-17-11-22(3)12-18-25/h13-28H,1-12H3;17-20,23-24H,5-16,21-22H2,1-4H3;9-20H,4-8H2,1-3H3. The van der Waals surface area contributed by atoms with Gasteiger partial charge in [-0.15, -0.1) is 0 Å². The van der Waals surface area contributed by atoms with Gasteiger partial charge in [0.05, 0.1) is 11.4 Å². The number of aryl methyl sites for hydroxylation is 11. The average molecular weight is 1450 g/mol. The van der Waals surface area contributed by atoms with Crippen LogP contribution in [0.25, 0.3) is 45.3 Å². The van der Waals surface area contributed by atoms with Crippen LogP contribution in [0.4, 0.5) is 34.1 Å². The summed E-state index contributed by atoms with van der Waals surface area (Å²) in [6.07, 6.45) is 25.5. The predicted octanol–water partition coefficient (Wildman–Crippen LogP) is 30.8. The smallest absolute Gasteiger partial charge is 0.164 e. The van der Waals surface area contributed by atoms with Gasteiger partial charge in [0.1, 0.15) is 0 Å². The highest BCUT2D eigenvalue weighted by Gasteiger charge is 2.42. The fourth-order valence-electron chi connectivity index (χ4n) is 16.0. The Morgan fingerprint density at radius 2 is 0.550 bits per heavy atom. The number of benzene rings is 10. The third kappa shape index (κ3) is 21.2. The maximum Gasteiger partial charge on any atom is 0.164 e. The first kappa shape index (κ1) is 82.3. The van der Waals surface area contributed by atoms with Crippen molar-refractivity contribution in [3.63, 3.8) is 0 Å². The summed E-state index contributed by atoms with van der Waals surface area (Å²) in [5, 5.41) is 0. The highest BCUT2D eigenvalue weighted by Crippen LogP contribution is 2.55. The lowest BCUT2D eigenvalue weighted by Crippen LogP contribution is -2.25. The van der Waals surface area contributed by atoms with E-state index in [-0.39, 0.29) is 16.2 Å². The zero-order chi connectivity index (χ0) is 78.0. The number of rotatable bonds is 28. The largest absolute Gasteiger partial charge is 0.310 e. The minimum absolute atomic E-state index is 0.0885. The Morgan fingerprint density at radius 3 is 0.862 bits per heavy atom. The van der Waals surface area contributed by atoms with E-state index in [4.69, 9.17) is 15.0 Å². The van der Waals surface area contributed by atoms with Crippen molar-refractivity contribution in [3.05, 3.63) is 290 Å². The van der Waals surface area contributed by atoms with Crippen LogP contribution in [-0.4, -0.2) is 15.0 Å². The number of aromatic nitrogens is 3. The minimum Gasteiger partial charge on any atom is -0.310 e. The first-order valence-electron chi connectivity index (χ1n) is 41.6. The summed E-state index contributed by atoms with van der Waals surface area (Å²) < 4.78 is 0. The van der Waals surface area contributed by atoms with Crippen molar-refractivity contribution in [3.8, 4) is 45.3 Å². The van der Waals surface area contributed by atoms with Gasteiger partial charge in [-0.2, -0.15) is 0 Å².